The van der Waals surface area contributed by atoms with Gasteiger partial charge in [-0.1, -0.05) is 26.2 Å². The SMILES string of the molecule is CCCCC[C@H](N)C=O. The van der Waals surface area contributed by atoms with E-state index in [1.807, 2.05) is 0 Å². The zero-order valence-electron chi connectivity index (χ0n) is 5.97. The molecular formula is C7H15NO. The number of hydrogen-bond acceptors (Lipinski definition) is 2. The van der Waals surface area contributed by atoms with Gasteiger partial charge in [0.1, 0.15) is 6.29 Å². The predicted octanol–water partition coefficient (Wildman–Crippen LogP) is 1.09. The van der Waals surface area contributed by atoms with Gasteiger partial charge in [-0.15, -0.1) is 0 Å². The Bertz CT molecular complexity index is 73.3. The highest BCUT2D eigenvalue weighted by molar-refractivity contribution is 5.56. The number of nitrogens with two attached hydrogens (primary N) is 1. The molecule has 9 heavy (non-hydrogen) atoms. The summed E-state index contributed by atoms with van der Waals surface area (Å²) in [5.74, 6) is 0. The minimum absolute atomic E-state index is 0.225. The van der Waals surface area contributed by atoms with Crippen molar-refractivity contribution < 1.29 is 4.79 Å². The molecule has 2 nitrogen and oxygen atoms in total. The van der Waals surface area contributed by atoms with Crippen LogP contribution in [-0.2, 0) is 4.79 Å². The second-order valence-corrected chi connectivity index (χ2v) is 2.30. The number of rotatable bonds is 5. The second kappa shape index (κ2) is 5.76. The van der Waals surface area contributed by atoms with Gasteiger partial charge in [-0.3, -0.25) is 0 Å². The summed E-state index contributed by atoms with van der Waals surface area (Å²) in [5.41, 5.74) is 5.35. The third kappa shape index (κ3) is 5.50. The molecule has 0 spiro atoms. The van der Waals surface area contributed by atoms with Gasteiger partial charge in [0, 0.05) is 0 Å². The molecule has 2 N–H and O–H groups in total. The lowest BCUT2D eigenvalue weighted by Crippen LogP contribution is -2.20. The molecule has 0 rings (SSSR count). The topological polar surface area (TPSA) is 43.1 Å². The van der Waals surface area contributed by atoms with Gasteiger partial charge in [0.2, 0.25) is 0 Å². The van der Waals surface area contributed by atoms with Gasteiger partial charge in [0.05, 0.1) is 6.04 Å². The van der Waals surface area contributed by atoms with Crippen molar-refractivity contribution in [3.05, 3.63) is 0 Å². The van der Waals surface area contributed by atoms with E-state index in [4.69, 9.17) is 5.73 Å². The summed E-state index contributed by atoms with van der Waals surface area (Å²) < 4.78 is 0. The zero-order valence-corrected chi connectivity index (χ0v) is 5.97. The summed E-state index contributed by atoms with van der Waals surface area (Å²) in [7, 11) is 0. The summed E-state index contributed by atoms with van der Waals surface area (Å²) in [5, 5.41) is 0. The Hall–Kier alpha value is -0.370. The first kappa shape index (κ1) is 8.63. The predicted molar refractivity (Wildman–Crippen MR) is 38.2 cm³/mol. The summed E-state index contributed by atoms with van der Waals surface area (Å²) >= 11 is 0. The molecule has 0 unspecified atom stereocenters. The molecule has 0 aliphatic rings. The van der Waals surface area contributed by atoms with E-state index >= 15 is 0 Å². The number of carbonyl (C=O) groups is 1. The molecule has 0 amide bonds. The van der Waals surface area contributed by atoms with E-state index < -0.39 is 0 Å². The molecule has 0 aromatic carbocycles. The largest absolute Gasteiger partial charge is 0.322 e. The summed E-state index contributed by atoms with van der Waals surface area (Å²) in [6.07, 6.45) is 5.11. The van der Waals surface area contributed by atoms with Crippen molar-refractivity contribution in [2.45, 2.75) is 38.6 Å². The van der Waals surface area contributed by atoms with Crippen LogP contribution in [0.3, 0.4) is 0 Å². The van der Waals surface area contributed by atoms with Gasteiger partial charge < -0.3 is 10.5 Å². The first-order valence-electron chi connectivity index (χ1n) is 3.52. The van der Waals surface area contributed by atoms with Gasteiger partial charge in [-0.05, 0) is 6.42 Å². The monoisotopic (exact) mass is 129 g/mol. The van der Waals surface area contributed by atoms with E-state index in [1.54, 1.807) is 0 Å². The summed E-state index contributed by atoms with van der Waals surface area (Å²) in [6, 6.07) is -0.225. The van der Waals surface area contributed by atoms with Crippen LogP contribution in [-0.4, -0.2) is 12.3 Å². The van der Waals surface area contributed by atoms with E-state index in [-0.39, 0.29) is 6.04 Å². The maximum atomic E-state index is 9.97. The van der Waals surface area contributed by atoms with Crippen LogP contribution < -0.4 is 5.73 Å². The Morgan fingerprint density at radius 3 is 2.67 bits per heavy atom. The molecule has 0 saturated heterocycles. The quantitative estimate of drug-likeness (QED) is 0.446. The Morgan fingerprint density at radius 1 is 1.56 bits per heavy atom. The molecule has 1 atom stereocenters. The summed E-state index contributed by atoms with van der Waals surface area (Å²) in [4.78, 5) is 9.97. The Balaban J connectivity index is 2.96. The number of unbranched alkanes of at least 4 members (excludes halogenated alkanes) is 2. The minimum Gasteiger partial charge on any atom is -0.322 e. The Labute approximate surface area is 56.4 Å². The van der Waals surface area contributed by atoms with Gasteiger partial charge in [0.15, 0.2) is 0 Å². The average molecular weight is 129 g/mol. The van der Waals surface area contributed by atoms with Crippen LogP contribution in [0.1, 0.15) is 32.6 Å². The Kier molecular flexibility index (Phi) is 5.52. The molecule has 0 radical (unpaired) electrons. The van der Waals surface area contributed by atoms with Crippen molar-refractivity contribution in [3.63, 3.8) is 0 Å². The standard InChI is InChI=1S/C7H15NO/c1-2-3-4-5-7(8)6-9/h6-7H,2-5,8H2,1H3/t7-/m0/s1. The first-order valence-corrected chi connectivity index (χ1v) is 3.52. The highest BCUT2D eigenvalue weighted by atomic mass is 16.1. The average Bonchev–Trinajstić information content (AvgIpc) is 1.89. The molecule has 0 bridgehead atoms. The van der Waals surface area contributed by atoms with E-state index in [9.17, 15) is 4.79 Å². The van der Waals surface area contributed by atoms with Crippen molar-refractivity contribution >= 4 is 6.29 Å². The van der Waals surface area contributed by atoms with Crippen LogP contribution in [0, 0.1) is 0 Å². The fourth-order valence-electron chi connectivity index (χ4n) is 0.698. The third-order valence-electron chi connectivity index (χ3n) is 1.32. The second-order valence-electron chi connectivity index (χ2n) is 2.30. The van der Waals surface area contributed by atoms with Crippen molar-refractivity contribution in [3.8, 4) is 0 Å². The van der Waals surface area contributed by atoms with Crippen LogP contribution in [0.5, 0.6) is 0 Å². The normalized spacial score (nSPS) is 13.1. The smallest absolute Gasteiger partial charge is 0.136 e. The lowest BCUT2D eigenvalue weighted by molar-refractivity contribution is -0.109. The number of aldehydes is 1. The van der Waals surface area contributed by atoms with Gasteiger partial charge in [-0.2, -0.15) is 0 Å². The van der Waals surface area contributed by atoms with E-state index in [2.05, 4.69) is 6.92 Å². The van der Waals surface area contributed by atoms with Crippen LogP contribution >= 0.6 is 0 Å². The number of carbonyl (C=O) groups excluding carboxylic acids is 1. The van der Waals surface area contributed by atoms with Gasteiger partial charge >= 0.3 is 0 Å². The first-order chi connectivity index (χ1) is 4.31. The lowest BCUT2D eigenvalue weighted by Gasteiger charge is -2.00. The third-order valence-corrected chi connectivity index (χ3v) is 1.32. The van der Waals surface area contributed by atoms with Gasteiger partial charge in [0.25, 0.3) is 0 Å². The van der Waals surface area contributed by atoms with Crippen molar-refractivity contribution in [2.75, 3.05) is 0 Å². The minimum atomic E-state index is -0.225. The van der Waals surface area contributed by atoms with E-state index in [1.165, 1.54) is 12.8 Å². The van der Waals surface area contributed by atoms with Crippen LogP contribution in [0.4, 0.5) is 0 Å². The molecule has 54 valence electrons. The zero-order chi connectivity index (χ0) is 7.11. The highest BCUT2D eigenvalue weighted by Crippen LogP contribution is 1.99. The molecule has 0 heterocycles. The van der Waals surface area contributed by atoms with Crippen LogP contribution in [0.2, 0.25) is 0 Å². The van der Waals surface area contributed by atoms with Crippen LogP contribution in [0.15, 0.2) is 0 Å². The highest BCUT2D eigenvalue weighted by Gasteiger charge is 1.96. The molecule has 0 aliphatic heterocycles. The maximum absolute atomic E-state index is 9.97. The molecule has 0 aromatic heterocycles. The fraction of sp³-hybridized carbons (Fsp3) is 0.857. The molecular weight excluding hydrogens is 114 g/mol. The van der Waals surface area contributed by atoms with Gasteiger partial charge in [-0.25, -0.2) is 0 Å². The molecule has 0 aromatic rings. The number of hydrogen-bond donors (Lipinski definition) is 1. The van der Waals surface area contributed by atoms with E-state index in [0.29, 0.717) is 0 Å². The summed E-state index contributed by atoms with van der Waals surface area (Å²) in [6.45, 7) is 2.13. The fourth-order valence-corrected chi connectivity index (χ4v) is 0.698. The molecule has 0 aliphatic carbocycles. The molecule has 0 saturated carbocycles. The van der Waals surface area contributed by atoms with Crippen molar-refractivity contribution in [2.24, 2.45) is 5.73 Å². The van der Waals surface area contributed by atoms with E-state index in [0.717, 1.165) is 19.1 Å². The van der Waals surface area contributed by atoms with Crippen molar-refractivity contribution in [1.29, 1.82) is 0 Å². The van der Waals surface area contributed by atoms with Crippen molar-refractivity contribution in [1.82, 2.24) is 0 Å². The molecule has 0 fully saturated rings. The lowest BCUT2D eigenvalue weighted by atomic mass is 10.1. The molecule has 2 heteroatoms. The Morgan fingerprint density at radius 2 is 2.22 bits per heavy atom. The van der Waals surface area contributed by atoms with Crippen LogP contribution in [0.25, 0.3) is 0 Å². The maximum Gasteiger partial charge on any atom is 0.136 e.